The first kappa shape index (κ1) is 18.4. The fraction of sp³-hybridized carbons (Fsp3) is 0.235. The van der Waals surface area contributed by atoms with Gasteiger partial charge in [0.15, 0.2) is 6.54 Å². The number of nitrogens with one attached hydrogen (secondary N) is 2. The Kier molecular flexibility index (Phi) is 6.69. The van der Waals surface area contributed by atoms with Crippen molar-refractivity contribution in [1.29, 1.82) is 0 Å². The number of likely N-dealkylation sites (N-methyl/N-ethyl adjacent to an activating group) is 1. The number of alkyl halides is 2. The molecule has 0 radical (unpaired) electrons. The molecule has 0 saturated heterocycles. The maximum Gasteiger partial charge on any atom is 0.387 e. The SMILES string of the molecule is C[NH+](CC(=O)Nc1ccccc1Br)Cc1ccc(OC(F)F)cc1. The molecule has 0 aliphatic carbocycles. The monoisotopic (exact) mass is 399 g/mol. The average molecular weight is 400 g/mol. The summed E-state index contributed by atoms with van der Waals surface area (Å²) in [7, 11) is 1.89. The van der Waals surface area contributed by atoms with Gasteiger partial charge in [-0.3, -0.25) is 4.79 Å². The zero-order valence-corrected chi connectivity index (χ0v) is 14.6. The molecule has 1 unspecified atom stereocenters. The molecule has 1 amide bonds. The van der Waals surface area contributed by atoms with Crippen LogP contribution in [0.15, 0.2) is 53.0 Å². The van der Waals surface area contributed by atoms with Gasteiger partial charge in [-0.15, -0.1) is 0 Å². The topological polar surface area (TPSA) is 42.8 Å². The van der Waals surface area contributed by atoms with Crippen molar-refractivity contribution in [3.05, 3.63) is 58.6 Å². The van der Waals surface area contributed by atoms with Gasteiger partial charge in [-0.05, 0) is 52.3 Å². The van der Waals surface area contributed by atoms with Crippen molar-refractivity contribution in [2.24, 2.45) is 0 Å². The fourth-order valence-electron chi connectivity index (χ4n) is 2.23. The third-order valence-electron chi connectivity index (χ3n) is 3.26. The third-order valence-corrected chi connectivity index (χ3v) is 3.96. The van der Waals surface area contributed by atoms with Crippen molar-refractivity contribution in [3.8, 4) is 5.75 Å². The number of quaternary nitrogens is 1. The van der Waals surface area contributed by atoms with Crippen LogP contribution in [0.25, 0.3) is 0 Å². The molecule has 2 aromatic carbocycles. The first-order valence-electron chi connectivity index (χ1n) is 7.33. The predicted octanol–water partition coefficient (Wildman–Crippen LogP) is 2.70. The summed E-state index contributed by atoms with van der Waals surface area (Å²) in [6.07, 6.45) is 0. The number of halogens is 3. The van der Waals surface area contributed by atoms with Crippen molar-refractivity contribution in [2.75, 3.05) is 18.9 Å². The van der Waals surface area contributed by atoms with Crippen LogP contribution in [0.3, 0.4) is 0 Å². The number of benzene rings is 2. The molecular weight excluding hydrogens is 382 g/mol. The molecule has 0 bridgehead atoms. The summed E-state index contributed by atoms with van der Waals surface area (Å²) in [6, 6.07) is 13.8. The summed E-state index contributed by atoms with van der Waals surface area (Å²) >= 11 is 3.38. The predicted molar refractivity (Wildman–Crippen MR) is 91.3 cm³/mol. The lowest BCUT2D eigenvalue weighted by atomic mass is 10.2. The molecule has 24 heavy (non-hydrogen) atoms. The van der Waals surface area contributed by atoms with E-state index >= 15 is 0 Å². The van der Waals surface area contributed by atoms with Crippen molar-refractivity contribution in [3.63, 3.8) is 0 Å². The molecule has 2 rings (SSSR count). The van der Waals surface area contributed by atoms with E-state index in [-0.39, 0.29) is 18.2 Å². The highest BCUT2D eigenvalue weighted by molar-refractivity contribution is 9.10. The van der Waals surface area contributed by atoms with Gasteiger partial charge in [-0.1, -0.05) is 12.1 Å². The van der Waals surface area contributed by atoms with Gasteiger partial charge in [0.2, 0.25) is 0 Å². The minimum Gasteiger partial charge on any atom is -0.435 e. The van der Waals surface area contributed by atoms with E-state index in [1.165, 1.54) is 12.1 Å². The first-order chi connectivity index (χ1) is 11.4. The summed E-state index contributed by atoms with van der Waals surface area (Å²) in [6.45, 7) is -1.94. The maximum absolute atomic E-state index is 12.1. The van der Waals surface area contributed by atoms with Gasteiger partial charge >= 0.3 is 6.61 Å². The molecule has 0 aromatic heterocycles. The second kappa shape index (κ2) is 8.75. The summed E-state index contributed by atoms with van der Waals surface area (Å²) < 4.78 is 29.3. The Morgan fingerprint density at radius 2 is 1.88 bits per heavy atom. The Hall–Kier alpha value is -1.99. The van der Waals surface area contributed by atoms with Crippen molar-refractivity contribution in [1.82, 2.24) is 0 Å². The van der Waals surface area contributed by atoms with Gasteiger partial charge < -0.3 is 15.0 Å². The van der Waals surface area contributed by atoms with Crippen molar-refractivity contribution < 1.29 is 23.2 Å². The number of anilines is 1. The molecule has 0 aliphatic heterocycles. The molecule has 0 aliphatic rings. The van der Waals surface area contributed by atoms with Crippen LogP contribution in [0.4, 0.5) is 14.5 Å². The quantitative estimate of drug-likeness (QED) is 0.751. The molecular formula is C17H18BrF2N2O2+. The number of hydrogen-bond acceptors (Lipinski definition) is 2. The lowest BCUT2D eigenvalue weighted by molar-refractivity contribution is -0.885. The summed E-state index contributed by atoms with van der Waals surface area (Å²) in [5.74, 6) is 0.0233. The minimum atomic E-state index is -2.83. The van der Waals surface area contributed by atoms with Gasteiger partial charge in [-0.25, -0.2) is 0 Å². The van der Waals surface area contributed by atoms with Crippen LogP contribution in [0, 0.1) is 0 Å². The number of amides is 1. The third kappa shape index (κ3) is 5.90. The Morgan fingerprint density at radius 1 is 1.21 bits per heavy atom. The highest BCUT2D eigenvalue weighted by atomic mass is 79.9. The molecule has 0 saturated carbocycles. The fourth-order valence-corrected chi connectivity index (χ4v) is 2.61. The zero-order valence-electron chi connectivity index (χ0n) is 13.1. The molecule has 128 valence electrons. The van der Waals surface area contributed by atoms with Crippen molar-refractivity contribution in [2.45, 2.75) is 13.2 Å². The van der Waals surface area contributed by atoms with Crippen LogP contribution >= 0.6 is 15.9 Å². The largest absolute Gasteiger partial charge is 0.435 e. The Bertz CT molecular complexity index is 681. The van der Waals surface area contributed by atoms with Gasteiger partial charge in [0.05, 0.1) is 12.7 Å². The van der Waals surface area contributed by atoms with Crippen LogP contribution in [-0.4, -0.2) is 26.1 Å². The lowest BCUT2D eigenvalue weighted by Crippen LogP contribution is -3.08. The number of ether oxygens (including phenoxy) is 1. The summed E-state index contributed by atoms with van der Waals surface area (Å²) in [5, 5.41) is 2.85. The van der Waals surface area contributed by atoms with E-state index in [2.05, 4.69) is 26.0 Å². The number of hydrogen-bond donors (Lipinski definition) is 2. The van der Waals surface area contributed by atoms with E-state index in [4.69, 9.17) is 0 Å². The molecule has 0 heterocycles. The van der Waals surface area contributed by atoms with E-state index in [1.807, 2.05) is 31.3 Å². The van der Waals surface area contributed by atoms with Crippen molar-refractivity contribution >= 4 is 27.5 Å². The van der Waals surface area contributed by atoms with Gasteiger partial charge in [0.25, 0.3) is 5.91 Å². The van der Waals surface area contributed by atoms with Gasteiger partial charge in [0, 0.05) is 10.0 Å². The normalized spacial score (nSPS) is 12.0. The summed E-state index contributed by atoms with van der Waals surface area (Å²) in [4.78, 5) is 13.1. The van der Waals surface area contributed by atoms with Crippen LogP contribution < -0.4 is 15.0 Å². The summed E-state index contributed by atoms with van der Waals surface area (Å²) in [5.41, 5.74) is 1.66. The second-order valence-corrected chi connectivity index (χ2v) is 6.22. The van der Waals surface area contributed by atoms with E-state index in [0.29, 0.717) is 6.54 Å². The van der Waals surface area contributed by atoms with Gasteiger partial charge in [0.1, 0.15) is 12.3 Å². The number of rotatable bonds is 7. The van der Waals surface area contributed by atoms with Crippen LogP contribution in [0.2, 0.25) is 0 Å². The second-order valence-electron chi connectivity index (χ2n) is 5.36. The lowest BCUT2D eigenvalue weighted by Gasteiger charge is -2.14. The molecule has 1 atom stereocenters. The van der Waals surface area contributed by atoms with E-state index in [1.54, 1.807) is 12.1 Å². The van der Waals surface area contributed by atoms with Gasteiger partial charge in [-0.2, -0.15) is 8.78 Å². The molecule has 2 N–H and O–H groups in total. The van der Waals surface area contributed by atoms with Crippen LogP contribution in [-0.2, 0) is 11.3 Å². The van der Waals surface area contributed by atoms with E-state index in [9.17, 15) is 13.6 Å². The minimum absolute atomic E-state index is 0.1000. The van der Waals surface area contributed by atoms with E-state index < -0.39 is 6.61 Å². The maximum atomic E-state index is 12.1. The zero-order chi connectivity index (χ0) is 17.5. The average Bonchev–Trinajstić information content (AvgIpc) is 2.51. The molecule has 4 nitrogen and oxygen atoms in total. The van der Waals surface area contributed by atoms with Crippen LogP contribution in [0.1, 0.15) is 5.56 Å². The number of para-hydroxylation sites is 1. The molecule has 0 spiro atoms. The first-order valence-corrected chi connectivity index (χ1v) is 8.13. The van der Waals surface area contributed by atoms with Crippen LogP contribution in [0.5, 0.6) is 5.75 Å². The number of carbonyl (C=O) groups is 1. The van der Waals surface area contributed by atoms with E-state index in [0.717, 1.165) is 20.6 Å². The Labute approximate surface area is 147 Å². The molecule has 7 heteroatoms. The highest BCUT2D eigenvalue weighted by Crippen LogP contribution is 2.20. The molecule has 2 aromatic rings. The Balaban J connectivity index is 1.85. The highest BCUT2D eigenvalue weighted by Gasteiger charge is 2.12. The smallest absolute Gasteiger partial charge is 0.387 e. The molecule has 0 fully saturated rings. The number of carbonyl (C=O) groups excluding carboxylic acids is 1. The standard InChI is InChI=1S/C17H17BrF2N2O2/c1-22(10-12-6-8-13(9-7-12)24-17(19)20)11-16(23)21-15-5-3-2-4-14(15)18/h2-9,17H,10-11H2,1H3,(H,21,23)/p+1. The Morgan fingerprint density at radius 3 is 2.50 bits per heavy atom.